The molecule has 4 aliphatic rings. The van der Waals surface area contributed by atoms with Gasteiger partial charge in [-0.05, 0) is 85.4 Å². The third-order valence-corrected chi connectivity index (χ3v) is 8.75. The molecule has 4 aliphatic carbocycles. The van der Waals surface area contributed by atoms with E-state index in [0.717, 1.165) is 59.2 Å². The average molecular weight is 462 g/mol. The molecule has 0 aliphatic heterocycles. The zero-order valence-corrected chi connectivity index (χ0v) is 19.7. The van der Waals surface area contributed by atoms with Gasteiger partial charge in [-0.1, -0.05) is 24.3 Å². The number of aliphatic hydroxyl groups excluding tert-OH is 1. The van der Waals surface area contributed by atoms with Crippen molar-refractivity contribution >= 4 is 32.9 Å². The van der Waals surface area contributed by atoms with Crippen molar-refractivity contribution in [2.24, 2.45) is 23.7 Å². The van der Waals surface area contributed by atoms with Crippen LogP contribution in [0.15, 0.2) is 42.2 Å². The molecule has 5 nitrogen and oxygen atoms in total. The molecule has 1 heterocycles. The van der Waals surface area contributed by atoms with Gasteiger partial charge in [-0.25, -0.2) is 4.98 Å². The summed E-state index contributed by atoms with van der Waals surface area (Å²) < 4.78 is 12.4. The summed E-state index contributed by atoms with van der Waals surface area (Å²) in [4.78, 5) is 18.2. The van der Waals surface area contributed by atoms with E-state index >= 15 is 0 Å². The van der Waals surface area contributed by atoms with Gasteiger partial charge in [0.05, 0.1) is 22.9 Å². The third kappa shape index (κ3) is 3.26. The van der Waals surface area contributed by atoms with Crippen LogP contribution >= 0.6 is 11.3 Å². The normalized spacial score (nSPS) is 26.2. The number of aliphatic hydroxyl groups is 1. The number of ether oxygens (including phenoxy) is 2. The molecule has 0 saturated heterocycles. The van der Waals surface area contributed by atoms with Crippen LogP contribution in [0.2, 0.25) is 0 Å². The molecule has 2 bridgehead atoms. The minimum atomic E-state index is -0.0407. The average Bonchev–Trinajstić information content (AvgIpc) is 3.37. The summed E-state index contributed by atoms with van der Waals surface area (Å²) >= 11 is 1.45. The highest BCUT2D eigenvalue weighted by molar-refractivity contribution is 7.20. The number of ketones is 1. The molecule has 0 amide bonds. The lowest BCUT2D eigenvalue weighted by atomic mass is 9.59. The van der Waals surface area contributed by atoms with Crippen molar-refractivity contribution in [2.45, 2.75) is 39.0 Å². The van der Waals surface area contributed by atoms with Crippen molar-refractivity contribution in [3.63, 3.8) is 0 Å². The zero-order valence-electron chi connectivity index (χ0n) is 18.8. The molecule has 2 unspecified atom stereocenters. The Morgan fingerprint density at radius 2 is 1.76 bits per heavy atom. The summed E-state index contributed by atoms with van der Waals surface area (Å²) in [5, 5.41) is 11.8. The van der Waals surface area contributed by atoms with E-state index in [2.05, 4.69) is 11.9 Å². The van der Waals surface area contributed by atoms with Crippen LogP contribution in [-0.2, 0) is 11.2 Å². The second-order valence-electron chi connectivity index (χ2n) is 9.44. The fourth-order valence-corrected chi connectivity index (χ4v) is 7.13. The number of Topliss-reactive ketones (excluding diaryl/α,β-unsaturated/α-hetero) is 1. The van der Waals surface area contributed by atoms with E-state index in [1.807, 2.05) is 36.4 Å². The van der Waals surface area contributed by atoms with Gasteiger partial charge in [0.2, 0.25) is 0 Å². The Bertz CT molecular complexity index is 1280. The van der Waals surface area contributed by atoms with Crippen LogP contribution in [0.3, 0.4) is 0 Å². The summed E-state index contributed by atoms with van der Waals surface area (Å²) in [7, 11) is 1.65. The second-order valence-corrected chi connectivity index (χ2v) is 10.4. The topological polar surface area (TPSA) is 68.7 Å². The fraction of sp³-hybridized carbons (Fsp3) is 0.407. The molecule has 1 aromatic heterocycles. The molecule has 2 atom stereocenters. The molecule has 3 aromatic rings. The number of thiazole rings is 1. The number of methoxy groups -OCH3 is 1. The van der Waals surface area contributed by atoms with Crippen LogP contribution in [0.25, 0.3) is 15.8 Å². The zero-order chi connectivity index (χ0) is 22.7. The molecule has 2 aromatic carbocycles. The molecule has 7 rings (SSSR count). The molecule has 0 spiro atoms. The first-order valence-corrected chi connectivity index (χ1v) is 12.6. The summed E-state index contributed by atoms with van der Waals surface area (Å²) in [6.45, 7) is 2.08. The van der Waals surface area contributed by atoms with E-state index in [1.54, 1.807) is 7.11 Å². The number of rotatable bonds is 5. The van der Waals surface area contributed by atoms with Crippen LogP contribution in [0.5, 0.6) is 16.7 Å². The van der Waals surface area contributed by atoms with E-state index in [4.69, 9.17) is 9.47 Å². The number of aromatic nitrogens is 1. The first-order chi connectivity index (χ1) is 16.1. The van der Waals surface area contributed by atoms with Gasteiger partial charge in [-0.15, -0.1) is 0 Å². The molecule has 170 valence electrons. The van der Waals surface area contributed by atoms with Gasteiger partial charge in [0, 0.05) is 11.8 Å². The number of fused-ring (bicyclic) bond motifs is 3. The van der Waals surface area contributed by atoms with Gasteiger partial charge in [0.1, 0.15) is 17.3 Å². The molecule has 3 fully saturated rings. The Morgan fingerprint density at radius 1 is 1.03 bits per heavy atom. The number of allylic oxidation sites excluding steroid dienone is 2. The van der Waals surface area contributed by atoms with Gasteiger partial charge in [-0.3, -0.25) is 4.79 Å². The van der Waals surface area contributed by atoms with Crippen molar-refractivity contribution in [3.8, 4) is 16.7 Å². The van der Waals surface area contributed by atoms with E-state index < -0.39 is 0 Å². The summed E-state index contributed by atoms with van der Waals surface area (Å²) in [5.41, 5.74) is 3.25. The lowest BCUT2D eigenvalue weighted by Gasteiger charge is -2.44. The SMILES string of the molecule is CCc1ccc(Oc2nc3ccc(OC)cc3s2)cc1C1=C(O)C2C3CCC(CC3)C2C1=O. The standard InChI is InChI=1S/C27H27NO4S/c1-3-14-8-9-18(32-27-28-20-11-10-17(31-2)13-21(20)33-27)12-19(14)24-25(29)22-15-4-5-16(7-6-15)23(22)26(24)30/h8-13,15-16,22-23,29H,3-7H2,1-2H3. The first kappa shape index (κ1) is 20.7. The number of benzene rings is 2. The Balaban J connectivity index is 1.37. The molecule has 1 N–H and O–H groups in total. The van der Waals surface area contributed by atoms with E-state index in [9.17, 15) is 9.90 Å². The summed E-state index contributed by atoms with van der Waals surface area (Å²) in [6, 6.07) is 11.6. The summed E-state index contributed by atoms with van der Waals surface area (Å²) in [5.74, 6) is 2.67. The number of carbonyl (C=O) groups is 1. The predicted octanol–water partition coefficient (Wildman–Crippen LogP) is 6.56. The van der Waals surface area contributed by atoms with E-state index in [0.29, 0.717) is 34.1 Å². The number of hydrogen-bond acceptors (Lipinski definition) is 6. The lowest BCUT2D eigenvalue weighted by molar-refractivity contribution is -0.123. The van der Waals surface area contributed by atoms with Crippen LogP contribution < -0.4 is 9.47 Å². The predicted molar refractivity (Wildman–Crippen MR) is 129 cm³/mol. The molecule has 33 heavy (non-hydrogen) atoms. The molecular weight excluding hydrogens is 434 g/mol. The Morgan fingerprint density at radius 3 is 2.45 bits per heavy atom. The Hall–Kier alpha value is -2.86. The number of carbonyl (C=O) groups excluding carboxylic acids is 1. The van der Waals surface area contributed by atoms with E-state index in [1.165, 1.54) is 11.3 Å². The minimum Gasteiger partial charge on any atom is -0.511 e. The van der Waals surface area contributed by atoms with Gasteiger partial charge >= 0.3 is 0 Å². The lowest BCUT2D eigenvalue weighted by Crippen LogP contribution is -2.41. The maximum Gasteiger partial charge on any atom is 0.279 e. The van der Waals surface area contributed by atoms with Crippen molar-refractivity contribution in [3.05, 3.63) is 53.3 Å². The molecule has 3 saturated carbocycles. The molecule has 6 heteroatoms. The van der Waals surface area contributed by atoms with Crippen LogP contribution in [-0.4, -0.2) is 23.0 Å². The number of hydrogen-bond donors (Lipinski definition) is 1. The van der Waals surface area contributed by atoms with Crippen molar-refractivity contribution in [1.82, 2.24) is 4.98 Å². The Kier molecular flexibility index (Phi) is 4.94. The second kappa shape index (κ2) is 7.87. The highest BCUT2D eigenvalue weighted by atomic mass is 32.1. The van der Waals surface area contributed by atoms with Gasteiger partial charge in [0.15, 0.2) is 5.78 Å². The first-order valence-electron chi connectivity index (χ1n) is 11.8. The number of aryl methyl sites for hydroxylation is 1. The van der Waals surface area contributed by atoms with Crippen molar-refractivity contribution in [1.29, 1.82) is 0 Å². The number of nitrogens with zero attached hydrogens (tertiary/aromatic N) is 1. The monoisotopic (exact) mass is 461 g/mol. The van der Waals surface area contributed by atoms with Gasteiger partial charge < -0.3 is 14.6 Å². The Labute approximate surface area is 197 Å². The highest BCUT2D eigenvalue weighted by Crippen LogP contribution is 2.57. The van der Waals surface area contributed by atoms with E-state index in [-0.39, 0.29) is 17.6 Å². The molecule has 0 radical (unpaired) electrons. The van der Waals surface area contributed by atoms with Crippen molar-refractivity contribution < 1.29 is 19.4 Å². The van der Waals surface area contributed by atoms with Crippen LogP contribution in [0.4, 0.5) is 0 Å². The maximum atomic E-state index is 13.6. The fourth-order valence-electron chi connectivity index (χ4n) is 6.27. The molecular formula is C27H27NO4S. The van der Waals surface area contributed by atoms with Gasteiger partial charge in [-0.2, -0.15) is 0 Å². The quantitative estimate of drug-likeness (QED) is 0.466. The largest absolute Gasteiger partial charge is 0.511 e. The summed E-state index contributed by atoms with van der Waals surface area (Å²) in [6.07, 6.45) is 5.27. The third-order valence-electron chi connectivity index (χ3n) is 7.85. The highest BCUT2D eigenvalue weighted by Gasteiger charge is 2.54. The van der Waals surface area contributed by atoms with Crippen LogP contribution in [0.1, 0.15) is 43.7 Å². The minimum absolute atomic E-state index is 0.00789. The maximum absolute atomic E-state index is 13.6. The van der Waals surface area contributed by atoms with Gasteiger partial charge in [0.25, 0.3) is 5.19 Å². The smallest absolute Gasteiger partial charge is 0.279 e. The van der Waals surface area contributed by atoms with Crippen LogP contribution in [0, 0.1) is 23.7 Å². The van der Waals surface area contributed by atoms with Crippen molar-refractivity contribution in [2.75, 3.05) is 7.11 Å².